The molecule has 0 saturated carbocycles. The number of piperazine rings is 2. The smallest absolute Gasteiger partial charge is 0.282 e. The van der Waals surface area contributed by atoms with Gasteiger partial charge in [-0.3, -0.25) is 4.90 Å². The van der Waals surface area contributed by atoms with Gasteiger partial charge in [0, 0.05) is 57.9 Å². The van der Waals surface area contributed by atoms with Crippen LogP contribution in [0.2, 0.25) is 0 Å². The summed E-state index contributed by atoms with van der Waals surface area (Å²) in [6, 6.07) is 4.69. The predicted octanol–water partition coefficient (Wildman–Crippen LogP) is 1.35. The quantitative estimate of drug-likeness (QED) is 0.677. The molecule has 2 aliphatic rings. The van der Waals surface area contributed by atoms with Crippen molar-refractivity contribution in [2.45, 2.75) is 19.9 Å². The van der Waals surface area contributed by atoms with Gasteiger partial charge >= 0.3 is 0 Å². The van der Waals surface area contributed by atoms with Crippen LogP contribution in [0, 0.1) is 12.7 Å². The molecule has 9 nitrogen and oxygen atoms in total. The molecule has 2 fully saturated rings. The average molecular weight is 453 g/mol. The number of aryl methyl sites for hydroxylation is 1. The Hall–Kier alpha value is -1.92. The number of benzene rings is 1. The maximum absolute atomic E-state index is 13.9. The summed E-state index contributed by atoms with van der Waals surface area (Å²) >= 11 is 0. The lowest BCUT2D eigenvalue weighted by Crippen LogP contribution is -2.56. The highest BCUT2D eigenvalue weighted by Gasteiger charge is 2.35. The van der Waals surface area contributed by atoms with E-state index in [9.17, 15) is 12.8 Å². The summed E-state index contributed by atoms with van der Waals surface area (Å²) in [5, 5.41) is 4.00. The van der Waals surface area contributed by atoms with Crippen molar-refractivity contribution in [3.8, 4) is 11.4 Å². The summed E-state index contributed by atoms with van der Waals surface area (Å²) in [5.41, 5.74) is 1.12. The molecule has 3 heterocycles. The predicted molar refractivity (Wildman–Crippen MR) is 114 cm³/mol. The molecule has 0 N–H and O–H groups in total. The Bertz CT molecular complexity index is 1010. The van der Waals surface area contributed by atoms with Gasteiger partial charge in [-0.25, -0.2) is 4.39 Å². The van der Waals surface area contributed by atoms with Gasteiger partial charge in [0.25, 0.3) is 10.2 Å². The first kappa shape index (κ1) is 22.3. The highest BCUT2D eigenvalue weighted by atomic mass is 32.2. The Morgan fingerprint density at radius 3 is 2.26 bits per heavy atom. The van der Waals surface area contributed by atoms with Gasteiger partial charge in [0.15, 0.2) is 0 Å². The first-order chi connectivity index (χ1) is 14.8. The van der Waals surface area contributed by atoms with Gasteiger partial charge in [0.05, 0.1) is 6.04 Å². The largest absolute Gasteiger partial charge is 0.337 e. The fourth-order valence-electron chi connectivity index (χ4n) is 3.91. The van der Waals surface area contributed by atoms with Gasteiger partial charge in [0.1, 0.15) is 5.82 Å². The highest BCUT2D eigenvalue weighted by molar-refractivity contribution is 7.86. The van der Waals surface area contributed by atoms with Crippen LogP contribution in [0.25, 0.3) is 11.4 Å². The van der Waals surface area contributed by atoms with E-state index < -0.39 is 10.2 Å². The van der Waals surface area contributed by atoms with Crippen LogP contribution in [0.15, 0.2) is 22.7 Å². The molecule has 2 aliphatic heterocycles. The lowest BCUT2D eigenvalue weighted by Gasteiger charge is -2.40. The molecule has 0 amide bonds. The lowest BCUT2D eigenvalue weighted by molar-refractivity contribution is 0.118. The molecule has 170 valence electrons. The first-order valence-corrected chi connectivity index (χ1v) is 11.9. The number of likely N-dealkylation sites (N-methyl/N-ethyl adjacent to an activating group) is 1. The number of rotatable bonds is 5. The third-order valence-corrected chi connectivity index (χ3v) is 8.20. The van der Waals surface area contributed by atoms with Crippen molar-refractivity contribution in [1.82, 2.24) is 28.6 Å². The van der Waals surface area contributed by atoms with Crippen LogP contribution in [-0.4, -0.2) is 96.4 Å². The van der Waals surface area contributed by atoms with Gasteiger partial charge in [0.2, 0.25) is 11.7 Å². The van der Waals surface area contributed by atoms with Crippen molar-refractivity contribution in [2.24, 2.45) is 0 Å². The fourth-order valence-corrected chi connectivity index (χ4v) is 5.49. The molecular weight excluding hydrogens is 423 g/mol. The molecule has 0 radical (unpaired) electrons. The third-order valence-electron chi connectivity index (χ3n) is 6.16. The van der Waals surface area contributed by atoms with Crippen molar-refractivity contribution in [2.75, 3.05) is 59.4 Å². The molecule has 1 unspecified atom stereocenters. The summed E-state index contributed by atoms with van der Waals surface area (Å²) in [6.07, 6.45) is 0. The molecule has 1 atom stereocenters. The SMILES string of the molecule is Cc1ccc(-c2noc(C(C)N3CCN(S(=O)(=O)N4CCN(C)CC4)CC3)n2)cc1F. The van der Waals surface area contributed by atoms with E-state index in [-0.39, 0.29) is 11.9 Å². The van der Waals surface area contributed by atoms with Crippen LogP contribution < -0.4 is 0 Å². The van der Waals surface area contributed by atoms with Crippen LogP contribution in [0.1, 0.15) is 24.4 Å². The minimum absolute atomic E-state index is 0.162. The zero-order chi connectivity index (χ0) is 22.2. The number of halogens is 1. The Balaban J connectivity index is 1.38. The van der Waals surface area contributed by atoms with Crippen molar-refractivity contribution in [1.29, 1.82) is 0 Å². The Morgan fingerprint density at radius 1 is 1.03 bits per heavy atom. The summed E-state index contributed by atoms with van der Waals surface area (Å²) in [7, 11) is -1.43. The maximum Gasteiger partial charge on any atom is 0.282 e. The van der Waals surface area contributed by atoms with Crippen molar-refractivity contribution in [3.05, 3.63) is 35.5 Å². The number of hydrogen-bond acceptors (Lipinski definition) is 7. The minimum atomic E-state index is -3.44. The summed E-state index contributed by atoms with van der Waals surface area (Å²) < 4.78 is 48.3. The number of nitrogens with zero attached hydrogens (tertiary/aromatic N) is 6. The van der Waals surface area contributed by atoms with Gasteiger partial charge in [-0.2, -0.15) is 22.0 Å². The van der Waals surface area contributed by atoms with Crippen LogP contribution in [0.3, 0.4) is 0 Å². The standard InChI is InChI=1S/C20H29FN6O3S/c1-15-4-5-17(14-18(15)21)19-22-20(30-23-19)16(2)25-8-12-27(13-9-25)31(28,29)26-10-6-24(3)7-11-26/h4-5,14,16H,6-13H2,1-3H3. The second-order valence-corrected chi connectivity index (χ2v) is 10.2. The summed E-state index contributed by atoms with van der Waals surface area (Å²) in [5.74, 6) is 0.470. The van der Waals surface area contributed by atoms with E-state index >= 15 is 0 Å². The van der Waals surface area contributed by atoms with Crippen molar-refractivity contribution < 1.29 is 17.3 Å². The van der Waals surface area contributed by atoms with Gasteiger partial charge in [-0.1, -0.05) is 17.3 Å². The highest BCUT2D eigenvalue weighted by Crippen LogP contribution is 2.25. The Labute approximate surface area is 182 Å². The zero-order valence-electron chi connectivity index (χ0n) is 18.2. The molecular formula is C20H29FN6O3S. The van der Waals surface area contributed by atoms with Crippen molar-refractivity contribution >= 4 is 10.2 Å². The van der Waals surface area contributed by atoms with E-state index in [2.05, 4.69) is 19.9 Å². The molecule has 0 bridgehead atoms. The van der Waals surface area contributed by atoms with E-state index in [1.54, 1.807) is 27.7 Å². The van der Waals surface area contributed by atoms with Crippen LogP contribution in [0.4, 0.5) is 4.39 Å². The molecule has 2 saturated heterocycles. The van der Waals surface area contributed by atoms with Crippen LogP contribution in [0.5, 0.6) is 0 Å². The van der Waals surface area contributed by atoms with E-state index in [0.29, 0.717) is 62.1 Å². The Kier molecular flexibility index (Phi) is 6.40. The van der Waals surface area contributed by atoms with E-state index in [1.807, 2.05) is 14.0 Å². The van der Waals surface area contributed by atoms with E-state index in [1.165, 1.54) is 6.07 Å². The molecule has 0 spiro atoms. The molecule has 31 heavy (non-hydrogen) atoms. The number of aromatic nitrogens is 2. The van der Waals surface area contributed by atoms with Crippen LogP contribution in [-0.2, 0) is 10.2 Å². The molecule has 4 rings (SSSR count). The molecule has 0 aliphatic carbocycles. The van der Waals surface area contributed by atoms with Crippen molar-refractivity contribution in [3.63, 3.8) is 0 Å². The third kappa shape index (κ3) is 4.65. The van der Waals surface area contributed by atoms with Gasteiger partial charge in [-0.15, -0.1) is 0 Å². The Morgan fingerprint density at radius 2 is 1.65 bits per heavy atom. The molecule has 11 heteroatoms. The second kappa shape index (κ2) is 8.91. The van der Waals surface area contributed by atoms with E-state index in [0.717, 1.165) is 13.1 Å². The molecule has 2 aromatic rings. The lowest BCUT2D eigenvalue weighted by atomic mass is 10.1. The summed E-state index contributed by atoms with van der Waals surface area (Å²) in [4.78, 5) is 8.71. The first-order valence-electron chi connectivity index (χ1n) is 10.5. The van der Waals surface area contributed by atoms with E-state index in [4.69, 9.17) is 4.52 Å². The molecule has 1 aromatic heterocycles. The molecule has 1 aromatic carbocycles. The monoisotopic (exact) mass is 452 g/mol. The normalized spacial score (nSPS) is 21.4. The fraction of sp³-hybridized carbons (Fsp3) is 0.600. The second-order valence-electron chi connectivity index (χ2n) is 8.24. The maximum atomic E-state index is 13.9. The average Bonchev–Trinajstić information content (AvgIpc) is 3.26. The van der Waals surface area contributed by atoms with Gasteiger partial charge < -0.3 is 9.42 Å². The summed E-state index contributed by atoms with van der Waals surface area (Å²) in [6.45, 7) is 8.20. The topological polar surface area (TPSA) is 86.0 Å². The van der Waals surface area contributed by atoms with Crippen LogP contribution >= 0.6 is 0 Å². The number of hydrogen-bond donors (Lipinski definition) is 0. The van der Waals surface area contributed by atoms with Gasteiger partial charge in [-0.05, 0) is 32.5 Å². The minimum Gasteiger partial charge on any atom is -0.337 e. The zero-order valence-corrected chi connectivity index (χ0v) is 19.0.